The van der Waals surface area contributed by atoms with Crippen molar-refractivity contribution in [1.29, 1.82) is 0 Å². The van der Waals surface area contributed by atoms with Crippen LogP contribution in [-0.4, -0.2) is 6.54 Å². The topological polar surface area (TPSA) is 35.2 Å². The van der Waals surface area contributed by atoms with Crippen LogP contribution in [0.1, 0.15) is 27.8 Å². The number of hydrogen-bond donors (Lipinski definition) is 1. The average Bonchev–Trinajstić information content (AvgIpc) is 2.37. The molecule has 2 rings (SSSR count). The van der Waals surface area contributed by atoms with Gasteiger partial charge in [0.1, 0.15) is 18.2 Å². The molecule has 3 heteroatoms. The summed E-state index contributed by atoms with van der Waals surface area (Å²) in [7, 11) is 0. The fraction of sp³-hybridized carbons (Fsp3) is 0.333. The molecule has 2 aromatic rings. The van der Waals surface area contributed by atoms with Crippen molar-refractivity contribution in [1.82, 2.24) is 0 Å². The highest BCUT2D eigenvalue weighted by molar-refractivity contribution is 5.38. The molecule has 0 unspecified atom stereocenters. The van der Waals surface area contributed by atoms with E-state index in [-0.39, 0.29) is 5.82 Å². The van der Waals surface area contributed by atoms with Crippen molar-refractivity contribution in [3.8, 4) is 5.75 Å². The molecule has 0 saturated carbocycles. The van der Waals surface area contributed by atoms with Gasteiger partial charge in [0.2, 0.25) is 0 Å². The summed E-state index contributed by atoms with van der Waals surface area (Å²) >= 11 is 0. The standard InChI is InChI=1S/C18H22FNO/c1-12-6-13(2)18(14(3)7-12)11-21-17-9-15(4-5-20)8-16(19)10-17/h6-10H,4-5,11,20H2,1-3H3. The van der Waals surface area contributed by atoms with Crippen LogP contribution in [0, 0.1) is 26.6 Å². The van der Waals surface area contributed by atoms with Gasteiger partial charge >= 0.3 is 0 Å². The molecule has 0 heterocycles. The Morgan fingerprint density at radius 1 is 1.00 bits per heavy atom. The lowest BCUT2D eigenvalue weighted by Crippen LogP contribution is -2.05. The molecule has 112 valence electrons. The number of hydrogen-bond acceptors (Lipinski definition) is 2. The van der Waals surface area contributed by atoms with Gasteiger partial charge in [-0.25, -0.2) is 4.39 Å². The molecule has 2 N–H and O–H groups in total. The predicted octanol–water partition coefficient (Wildman–Crippen LogP) is 3.83. The highest BCUT2D eigenvalue weighted by atomic mass is 19.1. The highest BCUT2D eigenvalue weighted by Gasteiger charge is 2.07. The zero-order valence-corrected chi connectivity index (χ0v) is 12.9. The minimum absolute atomic E-state index is 0.284. The lowest BCUT2D eigenvalue weighted by molar-refractivity contribution is 0.302. The zero-order chi connectivity index (χ0) is 15.4. The Labute approximate surface area is 125 Å². The number of nitrogens with two attached hydrogens (primary N) is 1. The molecular weight excluding hydrogens is 265 g/mol. The van der Waals surface area contributed by atoms with Gasteiger partial charge in [0.05, 0.1) is 0 Å². The molecule has 0 atom stereocenters. The van der Waals surface area contributed by atoms with Crippen molar-refractivity contribution in [3.63, 3.8) is 0 Å². The van der Waals surface area contributed by atoms with Crippen LogP contribution in [0.3, 0.4) is 0 Å². The fourth-order valence-corrected chi connectivity index (χ4v) is 2.61. The Morgan fingerprint density at radius 3 is 2.29 bits per heavy atom. The summed E-state index contributed by atoms with van der Waals surface area (Å²) in [5.41, 5.74) is 11.2. The zero-order valence-electron chi connectivity index (χ0n) is 12.9. The molecular formula is C18H22FNO. The minimum Gasteiger partial charge on any atom is -0.489 e. The molecule has 21 heavy (non-hydrogen) atoms. The van der Waals surface area contributed by atoms with E-state index in [0.29, 0.717) is 25.3 Å². The van der Waals surface area contributed by atoms with Crippen LogP contribution in [0.2, 0.25) is 0 Å². The molecule has 0 radical (unpaired) electrons. The van der Waals surface area contributed by atoms with E-state index in [1.165, 1.54) is 28.8 Å². The summed E-state index contributed by atoms with van der Waals surface area (Å²) in [6.45, 7) is 7.17. The summed E-state index contributed by atoms with van der Waals surface area (Å²) in [4.78, 5) is 0. The Balaban J connectivity index is 2.17. The van der Waals surface area contributed by atoms with E-state index < -0.39 is 0 Å². The lowest BCUT2D eigenvalue weighted by atomic mass is 10.0. The van der Waals surface area contributed by atoms with Gasteiger partial charge in [-0.05, 0) is 68.1 Å². The first kappa shape index (κ1) is 15.5. The van der Waals surface area contributed by atoms with E-state index in [9.17, 15) is 4.39 Å². The van der Waals surface area contributed by atoms with Crippen LogP contribution in [0.15, 0.2) is 30.3 Å². The second-order valence-corrected chi connectivity index (χ2v) is 5.50. The first-order valence-electron chi connectivity index (χ1n) is 7.18. The number of halogens is 1. The van der Waals surface area contributed by atoms with Gasteiger partial charge in [0.25, 0.3) is 0 Å². The molecule has 0 aliphatic rings. The monoisotopic (exact) mass is 287 g/mol. The summed E-state index contributed by atoms with van der Waals surface area (Å²) in [6, 6.07) is 9.05. The van der Waals surface area contributed by atoms with Gasteiger partial charge in [-0.1, -0.05) is 17.7 Å². The number of benzene rings is 2. The van der Waals surface area contributed by atoms with Gasteiger partial charge in [0.15, 0.2) is 0 Å². The van der Waals surface area contributed by atoms with E-state index >= 15 is 0 Å². The van der Waals surface area contributed by atoms with Crippen LogP contribution < -0.4 is 10.5 Å². The number of ether oxygens (including phenoxy) is 1. The second kappa shape index (κ2) is 6.72. The van der Waals surface area contributed by atoms with Crippen LogP contribution in [0.4, 0.5) is 4.39 Å². The summed E-state index contributed by atoms with van der Waals surface area (Å²) < 4.78 is 19.3. The molecule has 0 fully saturated rings. The van der Waals surface area contributed by atoms with Gasteiger partial charge in [-0.15, -0.1) is 0 Å². The van der Waals surface area contributed by atoms with E-state index in [1.54, 1.807) is 0 Å². The van der Waals surface area contributed by atoms with Crippen molar-refractivity contribution in [2.75, 3.05) is 6.54 Å². The van der Waals surface area contributed by atoms with Gasteiger partial charge < -0.3 is 10.5 Å². The molecule has 0 aliphatic heterocycles. The molecule has 0 amide bonds. The molecule has 0 aromatic heterocycles. The van der Waals surface area contributed by atoms with Crippen LogP contribution in [0.5, 0.6) is 5.75 Å². The van der Waals surface area contributed by atoms with Gasteiger partial charge in [-0.3, -0.25) is 0 Å². The summed E-state index contributed by atoms with van der Waals surface area (Å²) in [6.07, 6.45) is 0.650. The SMILES string of the molecule is Cc1cc(C)c(COc2cc(F)cc(CCN)c2)c(C)c1. The number of rotatable bonds is 5. The van der Waals surface area contributed by atoms with E-state index in [1.807, 2.05) is 6.07 Å². The van der Waals surface area contributed by atoms with E-state index in [0.717, 1.165) is 11.1 Å². The van der Waals surface area contributed by atoms with Crippen molar-refractivity contribution in [3.05, 3.63) is 64.0 Å². The average molecular weight is 287 g/mol. The van der Waals surface area contributed by atoms with E-state index in [4.69, 9.17) is 10.5 Å². The Bertz CT molecular complexity index is 614. The minimum atomic E-state index is -0.284. The van der Waals surface area contributed by atoms with E-state index in [2.05, 4.69) is 32.9 Å². The van der Waals surface area contributed by atoms with Crippen molar-refractivity contribution < 1.29 is 9.13 Å². The lowest BCUT2D eigenvalue weighted by Gasteiger charge is -2.13. The van der Waals surface area contributed by atoms with Gasteiger partial charge in [-0.2, -0.15) is 0 Å². The molecule has 0 aliphatic carbocycles. The first-order chi connectivity index (χ1) is 9.99. The van der Waals surface area contributed by atoms with Crippen molar-refractivity contribution in [2.45, 2.75) is 33.8 Å². The maximum Gasteiger partial charge on any atom is 0.127 e. The fourth-order valence-electron chi connectivity index (χ4n) is 2.61. The second-order valence-electron chi connectivity index (χ2n) is 5.50. The van der Waals surface area contributed by atoms with Crippen molar-refractivity contribution in [2.24, 2.45) is 5.73 Å². The van der Waals surface area contributed by atoms with Crippen molar-refractivity contribution >= 4 is 0 Å². The third-order valence-corrected chi connectivity index (χ3v) is 3.59. The largest absolute Gasteiger partial charge is 0.489 e. The van der Waals surface area contributed by atoms with Gasteiger partial charge in [0, 0.05) is 6.07 Å². The normalized spacial score (nSPS) is 10.7. The smallest absolute Gasteiger partial charge is 0.127 e. The Kier molecular flexibility index (Phi) is 4.97. The highest BCUT2D eigenvalue weighted by Crippen LogP contribution is 2.21. The Hall–Kier alpha value is -1.87. The predicted molar refractivity (Wildman–Crippen MR) is 84.1 cm³/mol. The summed E-state index contributed by atoms with van der Waals surface area (Å²) in [5.74, 6) is 0.270. The van der Waals surface area contributed by atoms with Crippen LogP contribution >= 0.6 is 0 Å². The van der Waals surface area contributed by atoms with Crippen LogP contribution in [-0.2, 0) is 13.0 Å². The third-order valence-electron chi connectivity index (χ3n) is 3.59. The summed E-state index contributed by atoms with van der Waals surface area (Å²) in [5, 5.41) is 0. The molecule has 2 aromatic carbocycles. The first-order valence-corrected chi connectivity index (χ1v) is 7.18. The third kappa shape index (κ3) is 4.05. The maximum absolute atomic E-state index is 13.6. The Morgan fingerprint density at radius 2 is 1.67 bits per heavy atom. The molecule has 0 spiro atoms. The maximum atomic E-state index is 13.6. The van der Waals surface area contributed by atoms with Crippen LogP contribution in [0.25, 0.3) is 0 Å². The molecule has 0 bridgehead atoms. The number of aryl methyl sites for hydroxylation is 3. The molecule has 0 saturated heterocycles. The quantitative estimate of drug-likeness (QED) is 0.907. The molecule has 2 nitrogen and oxygen atoms in total.